The fraction of sp³-hybridized carbons (Fsp3) is 0.500. The summed E-state index contributed by atoms with van der Waals surface area (Å²) < 4.78 is 28.7. The highest BCUT2D eigenvalue weighted by atomic mass is 32.2. The predicted octanol–water partition coefficient (Wildman–Crippen LogP) is 4.04. The zero-order chi connectivity index (χ0) is 20.1. The van der Waals surface area contributed by atoms with Crippen molar-refractivity contribution in [2.24, 2.45) is 0 Å². The molecular weight excluding hydrogens is 376 g/mol. The second-order valence-corrected chi connectivity index (χ2v) is 9.78. The van der Waals surface area contributed by atoms with Gasteiger partial charge < -0.3 is 5.32 Å². The lowest BCUT2D eigenvalue weighted by Crippen LogP contribution is -2.35. The van der Waals surface area contributed by atoms with Gasteiger partial charge in [0.05, 0.1) is 0 Å². The van der Waals surface area contributed by atoms with Gasteiger partial charge in [-0.05, 0) is 75.5 Å². The van der Waals surface area contributed by atoms with Gasteiger partial charge in [0, 0.05) is 17.9 Å². The van der Waals surface area contributed by atoms with E-state index in [9.17, 15) is 13.2 Å². The third-order valence-electron chi connectivity index (χ3n) is 5.23. The van der Waals surface area contributed by atoms with Crippen LogP contribution in [0.25, 0.3) is 0 Å². The van der Waals surface area contributed by atoms with Gasteiger partial charge in [0.2, 0.25) is 0 Å². The molecule has 0 spiro atoms. The Morgan fingerprint density at radius 2 is 1.71 bits per heavy atom. The molecule has 2 saturated carbocycles. The van der Waals surface area contributed by atoms with Crippen molar-refractivity contribution in [2.75, 3.05) is 5.32 Å². The molecule has 7 nitrogen and oxygen atoms in total. The van der Waals surface area contributed by atoms with E-state index in [-0.39, 0.29) is 11.1 Å². The molecule has 2 amide bonds. The molecule has 0 aliphatic heterocycles. The Morgan fingerprint density at radius 1 is 1.14 bits per heavy atom. The minimum absolute atomic E-state index is 0.0348. The molecule has 2 aliphatic rings. The number of sulfonamides is 1. The van der Waals surface area contributed by atoms with E-state index in [2.05, 4.69) is 34.2 Å². The van der Waals surface area contributed by atoms with Gasteiger partial charge in [-0.3, -0.25) is 4.68 Å². The van der Waals surface area contributed by atoms with E-state index in [1.165, 1.54) is 11.6 Å². The number of benzene rings is 1. The first-order valence-electron chi connectivity index (χ1n) is 9.78. The van der Waals surface area contributed by atoms with Crippen molar-refractivity contribution >= 4 is 21.7 Å². The van der Waals surface area contributed by atoms with Crippen LogP contribution in [0.5, 0.6) is 0 Å². The fourth-order valence-corrected chi connectivity index (χ4v) is 4.33. The van der Waals surface area contributed by atoms with Gasteiger partial charge in [0.25, 0.3) is 10.0 Å². The molecule has 0 unspecified atom stereocenters. The van der Waals surface area contributed by atoms with Gasteiger partial charge >= 0.3 is 6.03 Å². The first-order chi connectivity index (χ1) is 13.2. The lowest BCUT2D eigenvalue weighted by molar-refractivity contribution is 0.256. The van der Waals surface area contributed by atoms with E-state index in [4.69, 9.17) is 0 Å². The number of hydrogen-bond acceptors (Lipinski definition) is 4. The summed E-state index contributed by atoms with van der Waals surface area (Å²) >= 11 is 0. The summed E-state index contributed by atoms with van der Waals surface area (Å²) in [5, 5.41) is 6.73. The predicted molar refractivity (Wildman–Crippen MR) is 107 cm³/mol. The third-order valence-corrected chi connectivity index (χ3v) is 6.45. The Labute approximate surface area is 165 Å². The molecule has 2 N–H and O–H groups in total. The molecule has 0 saturated heterocycles. The summed E-state index contributed by atoms with van der Waals surface area (Å²) in [4.78, 5) is 12.6. The van der Waals surface area contributed by atoms with Crippen LogP contribution in [0.2, 0.25) is 0 Å². The Bertz CT molecular complexity index is 985. The van der Waals surface area contributed by atoms with Crippen LogP contribution >= 0.6 is 0 Å². The van der Waals surface area contributed by atoms with Crippen LogP contribution < -0.4 is 10.0 Å². The number of aromatic nitrogens is 2. The highest BCUT2D eigenvalue weighted by molar-refractivity contribution is 7.90. The van der Waals surface area contributed by atoms with Crippen LogP contribution in [0.3, 0.4) is 0 Å². The Kier molecular flexibility index (Phi) is 4.69. The number of anilines is 1. The zero-order valence-electron chi connectivity index (χ0n) is 16.4. The highest BCUT2D eigenvalue weighted by Crippen LogP contribution is 2.50. The molecule has 2 aromatic rings. The number of amides is 2. The number of nitrogens with one attached hydrogen (secondary N) is 2. The third kappa shape index (κ3) is 3.92. The SMILES string of the molecule is Cc1cc(C2CC2)c(NC(=O)NS(=O)(=O)c2ccn(C(C)C)n2)c(C2CC2)c1. The average Bonchev–Trinajstić information content (AvgIpc) is 3.53. The lowest BCUT2D eigenvalue weighted by atomic mass is 9.97. The van der Waals surface area contributed by atoms with E-state index >= 15 is 0 Å². The number of aryl methyl sites for hydroxylation is 1. The summed E-state index contributed by atoms with van der Waals surface area (Å²) in [6.45, 7) is 5.87. The Morgan fingerprint density at radius 3 is 2.18 bits per heavy atom. The molecule has 0 bridgehead atoms. The summed E-state index contributed by atoms with van der Waals surface area (Å²) in [5.74, 6) is 0.900. The second-order valence-electron chi connectivity index (χ2n) is 8.15. The van der Waals surface area contributed by atoms with E-state index in [0.717, 1.165) is 42.5 Å². The van der Waals surface area contributed by atoms with Crippen LogP contribution in [0, 0.1) is 6.92 Å². The molecule has 2 aliphatic carbocycles. The molecule has 28 heavy (non-hydrogen) atoms. The van der Waals surface area contributed by atoms with Gasteiger partial charge in [0.15, 0.2) is 5.03 Å². The van der Waals surface area contributed by atoms with Crippen molar-refractivity contribution in [3.63, 3.8) is 0 Å². The van der Waals surface area contributed by atoms with Crippen LogP contribution in [-0.4, -0.2) is 24.2 Å². The zero-order valence-corrected chi connectivity index (χ0v) is 17.2. The van der Waals surface area contributed by atoms with Crippen LogP contribution in [0.15, 0.2) is 29.4 Å². The van der Waals surface area contributed by atoms with Crippen molar-refractivity contribution in [1.82, 2.24) is 14.5 Å². The van der Waals surface area contributed by atoms with E-state index < -0.39 is 16.1 Å². The molecule has 2 fully saturated rings. The van der Waals surface area contributed by atoms with E-state index in [1.54, 1.807) is 10.9 Å². The normalized spacial score (nSPS) is 17.0. The molecule has 1 aromatic heterocycles. The van der Waals surface area contributed by atoms with Crippen LogP contribution in [-0.2, 0) is 10.0 Å². The Balaban J connectivity index is 1.57. The number of urea groups is 1. The van der Waals surface area contributed by atoms with Gasteiger partial charge in [-0.25, -0.2) is 9.52 Å². The van der Waals surface area contributed by atoms with Crippen molar-refractivity contribution in [2.45, 2.75) is 69.4 Å². The second kappa shape index (κ2) is 6.92. The van der Waals surface area contributed by atoms with Crippen molar-refractivity contribution < 1.29 is 13.2 Å². The number of rotatable bonds is 6. The number of nitrogens with zero attached hydrogens (tertiary/aromatic N) is 2. The standard InChI is InChI=1S/C20H26N4O3S/c1-12(2)24-9-8-18(22-24)28(26,27)23-20(25)21-19-16(14-4-5-14)10-13(3)11-17(19)15-6-7-15/h8-12,14-15H,4-7H2,1-3H3,(H2,21,23,25). The highest BCUT2D eigenvalue weighted by Gasteiger charge is 2.33. The van der Waals surface area contributed by atoms with Gasteiger partial charge in [-0.15, -0.1) is 0 Å². The molecule has 0 atom stereocenters. The van der Waals surface area contributed by atoms with Crippen molar-refractivity contribution in [3.8, 4) is 0 Å². The maximum Gasteiger partial charge on any atom is 0.333 e. The first-order valence-corrected chi connectivity index (χ1v) is 11.3. The van der Waals surface area contributed by atoms with Gasteiger partial charge in [-0.2, -0.15) is 13.5 Å². The molecular formula is C20H26N4O3S. The minimum Gasteiger partial charge on any atom is -0.307 e. The molecule has 150 valence electrons. The number of hydrogen-bond donors (Lipinski definition) is 2. The molecule has 0 radical (unpaired) electrons. The maximum absolute atomic E-state index is 12.6. The summed E-state index contributed by atoms with van der Waals surface area (Å²) in [6, 6.07) is 4.90. The minimum atomic E-state index is -4.03. The fourth-order valence-electron chi connectivity index (χ4n) is 3.49. The molecule has 4 rings (SSSR count). The van der Waals surface area contributed by atoms with Gasteiger partial charge in [0.1, 0.15) is 0 Å². The summed E-state index contributed by atoms with van der Waals surface area (Å²) in [6.07, 6.45) is 6.01. The number of carbonyl (C=O) groups is 1. The summed E-state index contributed by atoms with van der Waals surface area (Å²) in [7, 11) is -4.03. The monoisotopic (exact) mass is 402 g/mol. The smallest absolute Gasteiger partial charge is 0.307 e. The van der Waals surface area contributed by atoms with E-state index in [1.807, 2.05) is 13.8 Å². The molecule has 1 heterocycles. The average molecular weight is 403 g/mol. The first kappa shape index (κ1) is 19.0. The van der Waals surface area contributed by atoms with Crippen molar-refractivity contribution in [3.05, 3.63) is 41.1 Å². The topological polar surface area (TPSA) is 93.1 Å². The summed E-state index contributed by atoms with van der Waals surface area (Å²) in [5.41, 5.74) is 4.22. The lowest BCUT2D eigenvalue weighted by Gasteiger charge is -2.17. The van der Waals surface area contributed by atoms with Crippen molar-refractivity contribution in [1.29, 1.82) is 0 Å². The van der Waals surface area contributed by atoms with E-state index in [0.29, 0.717) is 11.8 Å². The van der Waals surface area contributed by atoms with Crippen LogP contribution in [0.4, 0.5) is 10.5 Å². The maximum atomic E-state index is 12.6. The molecule has 8 heteroatoms. The quantitative estimate of drug-likeness (QED) is 0.763. The van der Waals surface area contributed by atoms with Crippen LogP contribution in [0.1, 0.15) is 74.1 Å². The number of carbonyl (C=O) groups excluding carboxylic acids is 1. The van der Waals surface area contributed by atoms with Gasteiger partial charge in [-0.1, -0.05) is 17.7 Å². The Hall–Kier alpha value is -2.35. The molecule has 1 aromatic carbocycles. The largest absolute Gasteiger partial charge is 0.333 e.